The lowest BCUT2D eigenvalue weighted by Crippen LogP contribution is -2.30. The van der Waals surface area contributed by atoms with Crippen molar-refractivity contribution < 1.29 is 18.0 Å². The normalized spacial score (nSPS) is 12.1. The number of nitrogens with zero attached hydrogens (tertiary/aromatic N) is 1. The molecule has 1 N–H and O–H groups in total. The number of aryl methyl sites for hydroxylation is 3. The van der Waals surface area contributed by atoms with Gasteiger partial charge in [-0.3, -0.25) is 9.59 Å². The second-order valence-corrected chi connectivity index (χ2v) is 7.58. The highest BCUT2D eigenvalue weighted by Crippen LogP contribution is 2.20. The number of carbonyl (C=O) groups is 2. The Bertz CT molecular complexity index is 755. The molecule has 1 rings (SSSR count). The van der Waals surface area contributed by atoms with Crippen LogP contribution in [0, 0.1) is 6.92 Å². The molecule has 0 aliphatic rings. The summed E-state index contributed by atoms with van der Waals surface area (Å²) >= 11 is 0. The van der Waals surface area contributed by atoms with E-state index in [2.05, 4.69) is 10.5 Å². The quantitative estimate of drug-likeness (QED) is 0.279. The van der Waals surface area contributed by atoms with Crippen LogP contribution < -0.4 is 5.43 Å². The van der Waals surface area contributed by atoms with Gasteiger partial charge in [-0.25, -0.2) is 13.8 Å². The highest BCUT2D eigenvalue weighted by molar-refractivity contribution is 8.05. The summed E-state index contributed by atoms with van der Waals surface area (Å²) in [6, 6.07) is 3.77. The van der Waals surface area contributed by atoms with Gasteiger partial charge >= 0.3 is 5.91 Å². The van der Waals surface area contributed by atoms with Crippen LogP contribution in [0.2, 0.25) is 0 Å². The van der Waals surface area contributed by atoms with Crippen molar-refractivity contribution in [2.24, 2.45) is 5.10 Å². The van der Waals surface area contributed by atoms with E-state index in [0.717, 1.165) is 22.9 Å². The predicted octanol–water partition coefficient (Wildman–Crippen LogP) is 2.19. The maximum Gasteiger partial charge on any atom is 0.312 e. The molecule has 0 fully saturated rings. The molecule has 1 amide bonds. The number of hydrogen-bond acceptors (Lipinski definition) is 5. The Morgan fingerprint density at radius 3 is 1.96 bits per heavy atom. The molecule has 24 heavy (non-hydrogen) atoms. The first-order valence-corrected chi connectivity index (χ1v) is 9.78. The molecule has 1 aromatic rings. The minimum Gasteiger partial charge on any atom is -0.283 e. The van der Waals surface area contributed by atoms with Crippen LogP contribution in [0.3, 0.4) is 0 Å². The van der Waals surface area contributed by atoms with Crippen LogP contribution in [-0.2, 0) is 27.5 Å². The smallest absolute Gasteiger partial charge is 0.283 e. The maximum absolute atomic E-state index is 12.5. The van der Waals surface area contributed by atoms with Crippen molar-refractivity contribution >= 4 is 26.6 Å². The Kier molecular flexibility index (Phi) is 6.83. The van der Waals surface area contributed by atoms with Crippen LogP contribution in [0.1, 0.15) is 54.2 Å². The Hall–Kier alpha value is -2.02. The standard InChI is InChI=1S/C17H24N2O4S/c1-6-12-9-11(4)10-13(7-2)15(12)16(20)17(21)19-18-14(8-3)24(5,22)23/h9-10H,6-8H2,1-5H3,(H,19,21). The van der Waals surface area contributed by atoms with Crippen molar-refractivity contribution in [2.75, 3.05) is 6.26 Å². The second kappa shape index (κ2) is 8.19. The van der Waals surface area contributed by atoms with Gasteiger partial charge in [0.2, 0.25) is 0 Å². The highest BCUT2D eigenvalue weighted by atomic mass is 32.2. The second-order valence-electron chi connectivity index (χ2n) is 5.57. The first-order chi connectivity index (χ1) is 11.1. The third-order valence-corrected chi connectivity index (χ3v) is 4.89. The zero-order chi connectivity index (χ0) is 18.5. The molecule has 0 saturated heterocycles. The molecule has 0 saturated carbocycles. The van der Waals surface area contributed by atoms with E-state index in [4.69, 9.17) is 0 Å². The SMILES string of the molecule is CCC(=NNC(=O)C(=O)c1c(CC)cc(C)cc1CC)S(C)(=O)=O. The number of sulfone groups is 1. The third kappa shape index (κ3) is 4.74. The molecule has 0 aliphatic heterocycles. The summed E-state index contributed by atoms with van der Waals surface area (Å²) in [7, 11) is -3.51. The molecule has 6 nitrogen and oxygen atoms in total. The van der Waals surface area contributed by atoms with Gasteiger partial charge in [-0.05, 0) is 37.3 Å². The van der Waals surface area contributed by atoms with Crippen LogP contribution in [0.15, 0.2) is 17.2 Å². The van der Waals surface area contributed by atoms with Gasteiger partial charge in [0.25, 0.3) is 5.78 Å². The Balaban J connectivity index is 3.19. The van der Waals surface area contributed by atoms with E-state index < -0.39 is 21.5 Å². The summed E-state index contributed by atoms with van der Waals surface area (Å²) in [6.45, 7) is 7.38. The van der Waals surface area contributed by atoms with Gasteiger partial charge < -0.3 is 0 Å². The van der Waals surface area contributed by atoms with Crippen LogP contribution in [0.5, 0.6) is 0 Å². The van der Waals surface area contributed by atoms with E-state index in [1.54, 1.807) is 6.92 Å². The third-order valence-electron chi connectivity index (χ3n) is 3.65. The molecule has 0 radical (unpaired) electrons. The number of carbonyl (C=O) groups excluding carboxylic acids is 2. The average molecular weight is 352 g/mol. The summed E-state index contributed by atoms with van der Waals surface area (Å²) in [5.41, 5.74) is 5.09. The van der Waals surface area contributed by atoms with Gasteiger partial charge in [0.1, 0.15) is 0 Å². The summed E-state index contributed by atoms with van der Waals surface area (Å²) in [6.07, 6.45) is 2.39. The van der Waals surface area contributed by atoms with E-state index >= 15 is 0 Å². The van der Waals surface area contributed by atoms with E-state index in [1.807, 2.05) is 32.9 Å². The number of nitrogens with one attached hydrogen (secondary N) is 1. The van der Waals surface area contributed by atoms with Crippen molar-refractivity contribution in [3.05, 3.63) is 34.4 Å². The summed E-state index contributed by atoms with van der Waals surface area (Å²) in [5.74, 6) is -1.63. The Morgan fingerprint density at radius 2 is 1.58 bits per heavy atom. The lowest BCUT2D eigenvalue weighted by molar-refractivity contribution is -0.117. The average Bonchev–Trinajstić information content (AvgIpc) is 2.52. The summed E-state index contributed by atoms with van der Waals surface area (Å²) in [5, 5.41) is 3.43. The Morgan fingerprint density at radius 1 is 1.08 bits per heavy atom. The molecule has 0 spiro atoms. The van der Waals surface area contributed by atoms with Gasteiger partial charge in [0, 0.05) is 11.8 Å². The van der Waals surface area contributed by atoms with Crippen LogP contribution in [-0.4, -0.2) is 31.4 Å². The number of benzene rings is 1. The number of ketones is 1. The van der Waals surface area contributed by atoms with Gasteiger partial charge in [-0.1, -0.05) is 38.5 Å². The fourth-order valence-corrected chi connectivity index (χ4v) is 3.23. The maximum atomic E-state index is 12.5. The molecular formula is C17H24N2O4S. The largest absolute Gasteiger partial charge is 0.312 e. The van der Waals surface area contributed by atoms with Crippen molar-refractivity contribution in [3.8, 4) is 0 Å². The number of hydrogen-bond donors (Lipinski definition) is 1. The molecule has 0 aromatic heterocycles. The highest BCUT2D eigenvalue weighted by Gasteiger charge is 2.23. The zero-order valence-corrected chi connectivity index (χ0v) is 15.6. The van der Waals surface area contributed by atoms with Gasteiger partial charge in [-0.2, -0.15) is 5.10 Å². The van der Waals surface area contributed by atoms with E-state index in [9.17, 15) is 18.0 Å². The minimum absolute atomic E-state index is 0.137. The Labute approximate surface area is 143 Å². The van der Waals surface area contributed by atoms with Gasteiger partial charge in [0.15, 0.2) is 14.9 Å². The molecule has 1 aromatic carbocycles. The first kappa shape index (κ1) is 20.0. The number of rotatable bonds is 6. The molecule has 132 valence electrons. The van der Waals surface area contributed by atoms with Crippen LogP contribution in [0.4, 0.5) is 0 Å². The molecule has 0 unspecified atom stereocenters. The van der Waals surface area contributed by atoms with Gasteiger partial charge in [0.05, 0.1) is 0 Å². The zero-order valence-electron chi connectivity index (χ0n) is 14.8. The fraction of sp³-hybridized carbons (Fsp3) is 0.471. The van der Waals surface area contributed by atoms with E-state index in [0.29, 0.717) is 18.4 Å². The monoisotopic (exact) mass is 352 g/mol. The lowest BCUT2D eigenvalue weighted by Gasteiger charge is -2.13. The minimum atomic E-state index is -3.51. The molecule has 0 heterocycles. The number of hydrazone groups is 1. The summed E-state index contributed by atoms with van der Waals surface area (Å²) in [4.78, 5) is 24.7. The molecular weight excluding hydrogens is 328 g/mol. The van der Waals surface area contributed by atoms with Crippen molar-refractivity contribution in [2.45, 2.75) is 47.0 Å². The number of amides is 1. The van der Waals surface area contributed by atoms with Crippen molar-refractivity contribution in [1.29, 1.82) is 0 Å². The molecule has 0 aliphatic carbocycles. The van der Waals surface area contributed by atoms with Gasteiger partial charge in [-0.15, -0.1) is 0 Å². The number of Topliss-reactive ketones (excluding diaryl/α,β-unsaturated/α-hetero) is 1. The summed E-state index contributed by atoms with van der Waals surface area (Å²) < 4.78 is 23.0. The van der Waals surface area contributed by atoms with Crippen LogP contribution in [0.25, 0.3) is 0 Å². The predicted molar refractivity (Wildman–Crippen MR) is 95.0 cm³/mol. The molecule has 0 bridgehead atoms. The van der Waals surface area contributed by atoms with E-state index in [-0.39, 0.29) is 11.5 Å². The lowest BCUT2D eigenvalue weighted by atomic mass is 9.92. The van der Waals surface area contributed by atoms with Crippen molar-refractivity contribution in [1.82, 2.24) is 5.43 Å². The molecule has 0 atom stereocenters. The first-order valence-electron chi connectivity index (χ1n) is 7.89. The molecule has 7 heteroatoms. The van der Waals surface area contributed by atoms with Crippen LogP contribution >= 0.6 is 0 Å². The van der Waals surface area contributed by atoms with Crippen molar-refractivity contribution in [3.63, 3.8) is 0 Å². The van der Waals surface area contributed by atoms with E-state index in [1.165, 1.54) is 0 Å². The fourth-order valence-electron chi connectivity index (χ4n) is 2.49. The topological polar surface area (TPSA) is 92.7 Å².